The average Bonchev–Trinajstić information content (AvgIpc) is 3.17. The number of nitro groups is 1. The summed E-state index contributed by atoms with van der Waals surface area (Å²) in [6.45, 7) is 2.25. The fourth-order valence-electron chi connectivity index (χ4n) is 1.93. The predicted octanol–water partition coefficient (Wildman–Crippen LogP) is 2.78. The number of aryl methyl sites for hydroxylation is 1. The maximum Gasteiger partial charge on any atom is 0.271 e. The van der Waals surface area contributed by atoms with E-state index >= 15 is 0 Å². The minimum Gasteiger partial charge on any atom is -0.376 e. The van der Waals surface area contributed by atoms with Gasteiger partial charge in [-0.3, -0.25) is 10.1 Å². The first-order valence-corrected chi connectivity index (χ1v) is 6.45. The quantitative estimate of drug-likeness (QED) is 0.665. The number of non-ortho nitro benzene ring substituents is 1. The SMILES string of the molecule is Cc1ccc([N+](=O)[O-])cc1NCc1nc(C2CC2)no1. The zero-order chi connectivity index (χ0) is 14.1. The van der Waals surface area contributed by atoms with Crippen LogP contribution in [-0.2, 0) is 6.54 Å². The largest absolute Gasteiger partial charge is 0.376 e. The maximum atomic E-state index is 10.8. The van der Waals surface area contributed by atoms with Crippen molar-refractivity contribution in [3.05, 3.63) is 45.6 Å². The van der Waals surface area contributed by atoms with Gasteiger partial charge in [0.25, 0.3) is 5.69 Å². The van der Waals surface area contributed by atoms with E-state index in [0.29, 0.717) is 24.0 Å². The van der Waals surface area contributed by atoms with Crippen LogP contribution in [0.5, 0.6) is 0 Å². The molecule has 0 bridgehead atoms. The molecule has 1 fully saturated rings. The van der Waals surface area contributed by atoms with Gasteiger partial charge in [-0.2, -0.15) is 4.98 Å². The standard InChI is InChI=1S/C13H14N4O3/c1-8-2-5-10(17(18)19)6-11(8)14-7-12-15-13(16-20-12)9-3-4-9/h2,5-6,9,14H,3-4,7H2,1H3. The zero-order valence-corrected chi connectivity index (χ0v) is 11.0. The molecule has 0 unspecified atom stereocenters. The van der Waals surface area contributed by atoms with E-state index in [1.807, 2.05) is 6.92 Å². The molecule has 0 saturated heterocycles. The summed E-state index contributed by atoms with van der Waals surface area (Å²) in [7, 11) is 0. The van der Waals surface area contributed by atoms with Crippen LogP contribution in [0, 0.1) is 17.0 Å². The molecule has 0 amide bonds. The number of hydrogen-bond donors (Lipinski definition) is 1. The first-order chi connectivity index (χ1) is 9.63. The summed E-state index contributed by atoms with van der Waals surface area (Å²) in [6.07, 6.45) is 2.24. The van der Waals surface area contributed by atoms with Crippen LogP contribution in [0.3, 0.4) is 0 Å². The third kappa shape index (κ3) is 2.61. The highest BCUT2D eigenvalue weighted by atomic mass is 16.6. The number of benzene rings is 1. The van der Waals surface area contributed by atoms with Crippen molar-refractivity contribution in [3.63, 3.8) is 0 Å². The van der Waals surface area contributed by atoms with Crippen molar-refractivity contribution in [2.45, 2.75) is 32.2 Å². The fourth-order valence-corrected chi connectivity index (χ4v) is 1.93. The third-order valence-corrected chi connectivity index (χ3v) is 3.29. The van der Waals surface area contributed by atoms with Gasteiger partial charge in [0.2, 0.25) is 5.89 Å². The Balaban J connectivity index is 1.70. The molecular formula is C13H14N4O3. The molecule has 20 heavy (non-hydrogen) atoms. The van der Waals surface area contributed by atoms with Crippen LogP contribution >= 0.6 is 0 Å². The highest BCUT2D eigenvalue weighted by Crippen LogP contribution is 2.38. The number of rotatable bonds is 5. The number of nitro benzene ring substituents is 1. The van der Waals surface area contributed by atoms with Gasteiger partial charge in [0.15, 0.2) is 5.82 Å². The van der Waals surface area contributed by atoms with Crippen LogP contribution in [0.15, 0.2) is 22.7 Å². The van der Waals surface area contributed by atoms with Crippen molar-refractivity contribution in [3.8, 4) is 0 Å². The second-order valence-electron chi connectivity index (χ2n) is 4.93. The Kier molecular flexibility index (Phi) is 3.09. The van der Waals surface area contributed by atoms with Crippen LogP contribution in [0.25, 0.3) is 0 Å². The predicted molar refractivity (Wildman–Crippen MR) is 71.4 cm³/mol. The van der Waals surface area contributed by atoms with E-state index < -0.39 is 4.92 Å². The van der Waals surface area contributed by atoms with Crippen molar-refractivity contribution in [2.24, 2.45) is 0 Å². The van der Waals surface area contributed by atoms with Gasteiger partial charge >= 0.3 is 0 Å². The molecule has 7 nitrogen and oxygen atoms in total. The lowest BCUT2D eigenvalue weighted by atomic mass is 10.2. The Labute approximate surface area is 115 Å². The molecule has 0 radical (unpaired) electrons. The Morgan fingerprint density at radius 1 is 1.50 bits per heavy atom. The van der Waals surface area contributed by atoms with Crippen LogP contribution in [0.4, 0.5) is 11.4 Å². The van der Waals surface area contributed by atoms with Crippen molar-refractivity contribution >= 4 is 11.4 Å². The lowest BCUT2D eigenvalue weighted by molar-refractivity contribution is -0.384. The Morgan fingerprint density at radius 2 is 2.30 bits per heavy atom. The summed E-state index contributed by atoms with van der Waals surface area (Å²) >= 11 is 0. The van der Waals surface area contributed by atoms with Crippen molar-refractivity contribution < 1.29 is 9.45 Å². The summed E-state index contributed by atoms with van der Waals surface area (Å²) in [4.78, 5) is 14.6. The van der Waals surface area contributed by atoms with Crippen LogP contribution < -0.4 is 5.32 Å². The smallest absolute Gasteiger partial charge is 0.271 e. The number of anilines is 1. The molecule has 7 heteroatoms. The molecule has 104 valence electrons. The van der Waals surface area contributed by atoms with Crippen LogP contribution in [-0.4, -0.2) is 15.1 Å². The zero-order valence-electron chi connectivity index (χ0n) is 11.0. The van der Waals surface area contributed by atoms with Gasteiger partial charge in [0, 0.05) is 23.7 Å². The van der Waals surface area contributed by atoms with E-state index in [9.17, 15) is 10.1 Å². The van der Waals surface area contributed by atoms with E-state index in [0.717, 1.165) is 24.2 Å². The Morgan fingerprint density at radius 3 is 3.00 bits per heavy atom. The minimum atomic E-state index is -0.414. The van der Waals surface area contributed by atoms with Gasteiger partial charge in [0.05, 0.1) is 11.5 Å². The topological polar surface area (TPSA) is 94.1 Å². The monoisotopic (exact) mass is 274 g/mol. The highest BCUT2D eigenvalue weighted by molar-refractivity contribution is 5.56. The molecule has 2 aromatic rings. The van der Waals surface area contributed by atoms with Crippen molar-refractivity contribution in [1.82, 2.24) is 10.1 Å². The molecule has 1 aliphatic rings. The summed E-state index contributed by atoms with van der Waals surface area (Å²) in [5.41, 5.74) is 1.69. The van der Waals surface area contributed by atoms with E-state index in [1.165, 1.54) is 12.1 Å². The number of nitrogens with zero attached hydrogens (tertiary/aromatic N) is 3. The van der Waals surface area contributed by atoms with E-state index in [-0.39, 0.29) is 5.69 Å². The maximum absolute atomic E-state index is 10.8. The van der Waals surface area contributed by atoms with E-state index in [2.05, 4.69) is 15.5 Å². The highest BCUT2D eigenvalue weighted by Gasteiger charge is 2.28. The van der Waals surface area contributed by atoms with E-state index in [4.69, 9.17) is 4.52 Å². The van der Waals surface area contributed by atoms with Crippen molar-refractivity contribution in [2.75, 3.05) is 5.32 Å². The summed E-state index contributed by atoms with van der Waals surface area (Å²) in [5, 5.41) is 17.8. The average molecular weight is 274 g/mol. The van der Waals surface area contributed by atoms with Gasteiger partial charge in [-0.1, -0.05) is 11.2 Å². The molecule has 0 spiro atoms. The molecule has 3 rings (SSSR count). The molecule has 0 atom stereocenters. The summed E-state index contributed by atoms with van der Waals surface area (Å²) in [6, 6.07) is 4.70. The second kappa shape index (κ2) is 4.92. The normalized spacial score (nSPS) is 14.2. The van der Waals surface area contributed by atoms with Crippen molar-refractivity contribution in [1.29, 1.82) is 0 Å². The Bertz CT molecular complexity index is 649. The van der Waals surface area contributed by atoms with Crippen LogP contribution in [0.1, 0.15) is 36.0 Å². The van der Waals surface area contributed by atoms with Gasteiger partial charge in [-0.15, -0.1) is 0 Å². The Hall–Kier alpha value is -2.44. The lowest BCUT2D eigenvalue weighted by Crippen LogP contribution is -2.02. The van der Waals surface area contributed by atoms with Gasteiger partial charge in [-0.25, -0.2) is 0 Å². The fraction of sp³-hybridized carbons (Fsp3) is 0.385. The lowest BCUT2D eigenvalue weighted by Gasteiger charge is -2.06. The van der Waals surface area contributed by atoms with Gasteiger partial charge in [-0.05, 0) is 25.3 Å². The first-order valence-electron chi connectivity index (χ1n) is 6.45. The summed E-state index contributed by atoms with van der Waals surface area (Å²) in [5.74, 6) is 1.71. The number of hydrogen-bond acceptors (Lipinski definition) is 6. The third-order valence-electron chi connectivity index (χ3n) is 3.29. The number of aromatic nitrogens is 2. The van der Waals surface area contributed by atoms with Crippen LogP contribution in [0.2, 0.25) is 0 Å². The molecule has 1 heterocycles. The molecule has 1 aromatic heterocycles. The minimum absolute atomic E-state index is 0.0577. The summed E-state index contributed by atoms with van der Waals surface area (Å²) < 4.78 is 5.15. The van der Waals surface area contributed by atoms with Gasteiger partial charge < -0.3 is 9.84 Å². The molecular weight excluding hydrogens is 260 g/mol. The number of nitrogens with one attached hydrogen (secondary N) is 1. The molecule has 0 aliphatic heterocycles. The van der Waals surface area contributed by atoms with Gasteiger partial charge in [0.1, 0.15) is 0 Å². The second-order valence-corrected chi connectivity index (χ2v) is 4.93. The molecule has 1 aliphatic carbocycles. The molecule has 1 aromatic carbocycles. The van der Waals surface area contributed by atoms with E-state index in [1.54, 1.807) is 6.07 Å². The molecule has 1 saturated carbocycles. The molecule has 1 N–H and O–H groups in total. The first kappa shape index (κ1) is 12.6.